The molecule has 2 aromatic rings. The normalized spacial score (nSPS) is 14.4. The molecule has 158 valence electrons. The van der Waals surface area contributed by atoms with Gasteiger partial charge in [-0.15, -0.1) is 0 Å². The van der Waals surface area contributed by atoms with Crippen LogP contribution in [0.25, 0.3) is 10.9 Å². The number of carboxylic acids is 1. The molecule has 0 saturated carbocycles. The number of aromatic amines is 1. The number of carboxylic acid groups (broad SMARTS) is 1. The van der Waals surface area contributed by atoms with Crippen LogP contribution in [0.3, 0.4) is 0 Å². The number of H-pyrrole nitrogens is 1. The summed E-state index contributed by atoms with van der Waals surface area (Å²) in [5.74, 6) is -2.39. The number of carbonyl (C=O) groups is 3. The van der Waals surface area contributed by atoms with Crippen LogP contribution < -0.4 is 16.4 Å². The molecule has 2 rings (SSSR count). The maximum absolute atomic E-state index is 12.7. The van der Waals surface area contributed by atoms with E-state index in [2.05, 4.69) is 15.6 Å². The summed E-state index contributed by atoms with van der Waals surface area (Å²) < 4.78 is 0. The molecule has 0 aliphatic carbocycles. The quantitative estimate of drug-likeness (QED) is 0.330. The second kappa shape index (κ2) is 10.0. The molecule has 9 heteroatoms. The molecule has 29 heavy (non-hydrogen) atoms. The van der Waals surface area contributed by atoms with E-state index in [1.807, 2.05) is 38.1 Å². The Labute approximate surface area is 168 Å². The third-order valence-corrected chi connectivity index (χ3v) is 4.59. The lowest BCUT2D eigenvalue weighted by atomic mass is 10.0. The van der Waals surface area contributed by atoms with Crippen molar-refractivity contribution in [1.29, 1.82) is 0 Å². The summed E-state index contributed by atoms with van der Waals surface area (Å²) in [6.45, 7) is 3.19. The first-order valence-electron chi connectivity index (χ1n) is 9.47. The van der Waals surface area contributed by atoms with E-state index in [4.69, 9.17) is 10.8 Å². The molecule has 3 unspecified atom stereocenters. The van der Waals surface area contributed by atoms with E-state index >= 15 is 0 Å². The van der Waals surface area contributed by atoms with Crippen LogP contribution in [0.4, 0.5) is 0 Å². The molecule has 0 aliphatic heterocycles. The highest BCUT2D eigenvalue weighted by Crippen LogP contribution is 2.19. The molecule has 0 saturated heterocycles. The van der Waals surface area contributed by atoms with Crippen molar-refractivity contribution < 1.29 is 24.6 Å². The summed E-state index contributed by atoms with van der Waals surface area (Å²) in [6, 6.07) is 4.21. The van der Waals surface area contributed by atoms with Crippen LogP contribution >= 0.6 is 0 Å². The van der Waals surface area contributed by atoms with Crippen LogP contribution in [-0.2, 0) is 20.8 Å². The number of aromatic nitrogens is 1. The lowest BCUT2D eigenvalue weighted by molar-refractivity contribution is -0.142. The lowest BCUT2D eigenvalue weighted by Crippen LogP contribution is -2.55. The number of nitrogens with one attached hydrogen (secondary N) is 3. The summed E-state index contributed by atoms with van der Waals surface area (Å²) in [5, 5.41) is 24.5. The predicted octanol–water partition coefficient (Wildman–Crippen LogP) is 0.130. The minimum Gasteiger partial charge on any atom is -0.480 e. The van der Waals surface area contributed by atoms with Crippen molar-refractivity contribution in [3.63, 3.8) is 0 Å². The first-order valence-corrected chi connectivity index (χ1v) is 9.47. The highest BCUT2D eigenvalue weighted by atomic mass is 16.4. The number of amides is 2. The molecular weight excluding hydrogens is 376 g/mol. The number of para-hydroxylation sites is 1. The molecule has 0 bridgehead atoms. The maximum Gasteiger partial charge on any atom is 0.326 e. The number of aliphatic carboxylic acids is 1. The van der Waals surface area contributed by atoms with Gasteiger partial charge >= 0.3 is 5.97 Å². The number of rotatable bonds is 10. The zero-order valence-corrected chi connectivity index (χ0v) is 16.5. The van der Waals surface area contributed by atoms with E-state index in [9.17, 15) is 19.5 Å². The number of hydrogen-bond donors (Lipinski definition) is 6. The molecule has 0 spiro atoms. The number of benzene rings is 1. The smallest absolute Gasteiger partial charge is 0.326 e. The molecular formula is C20H28N4O5. The average molecular weight is 404 g/mol. The summed E-state index contributed by atoms with van der Waals surface area (Å²) in [7, 11) is 0. The molecule has 0 fully saturated rings. The Balaban J connectivity index is 2.14. The van der Waals surface area contributed by atoms with Gasteiger partial charge in [0.2, 0.25) is 11.8 Å². The van der Waals surface area contributed by atoms with E-state index < -0.39 is 42.5 Å². The van der Waals surface area contributed by atoms with Crippen LogP contribution in [0.15, 0.2) is 30.5 Å². The second-order valence-corrected chi connectivity index (χ2v) is 7.44. The Morgan fingerprint density at radius 2 is 1.76 bits per heavy atom. The highest BCUT2D eigenvalue weighted by molar-refractivity contribution is 5.92. The second-order valence-electron chi connectivity index (χ2n) is 7.44. The van der Waals surface area contributed by atoms with Crippen LogP contribution in [-0.4, -0.2) is 57.7 Å². The Bertz CT molecular complexity index is 863. The summed E-state index contributed by atoms with van der Waals surface area (Å²) in [6.07, 6.45) is 2.11. The third-order valence-electron chi connectivity index (χ3n) is 4.59. The lowest BCUT2D eigenvalue weighted by Gasteiger charge is -2.23. The van der Waals surface area contributed by atoms with Crippen molar-refractivity contribution in [2.24, 2.45) is 11.7 Å². The first-order chi connectivity index (χ1) is 13.7. The largest absolute Gasteiger partial charge is 0.480 e. The molecule has 1 aromatic carbocycles. The van der Waals surface area contributed by atoms with Gasteiger partial charge in [-0.05, 0) is 24.0 Å². The van der Waals surface area contributed by atoms with E-state index in [1.54, 1.807) is 6.20 Å². The summed E-state index contributed by atoms with van der Waals surface area (Å²) in [5.41, 5.74) is 7.14. The number of aliphatic hydroxyl groups is 1. The van der Waals surface area contributed by atoms with Crippen molar-refractivity contribution in [2.75, 3.05) is 6.61 Å². The Morgan fingerprint density at radius 1 is 1.10 bits per heavy atom. The van der Waals surface area contributed by atoms with Crippen LogP contribution in [0.5, 0.6) is 0 Å². The van der Waals surface area contributed by atoms with Crippen molar-refractivity contribution >= 4 is 28.7 Å². The van der Waals surface area contributed by atoms with Gasteiger partial charge in [-0.2, -0.15) is 0 Å². The van der Waals surface area contributed by atoms with Gasteiger partial charge in [0, 0.05) is 23.5 Å². The van der Waals surface area contributed by atoms with Gasteiger partial charge in [-0.1, -0.05) is 32.0 Å². The number of nitrogens with two attached hydrogens (primary N) is 1. The van der Waals surface area contributed by atoms with Gasteiger partial charge in [-0.3, -0.25) is 9.59 Å². The SMILES string of the molecule is CC(C)CC(NC(=O)C(N)CO)C(=O)NC(Cc1c[nH]c2ccccc12)C(=O)O. The summed E-state index contributed by atoms with van der Waals surface area (Å²) in [4.78, 5) is 39.6. The predicted molar refractivity (Wildman–Crippen MR) is 108 cm³/mol. The van der Waals surface area contributed by atoms with Crippen molar-refractivity contribution in [3.8, 4) is 0 Å². The monoisotopic (exact) mass is 404 g/mol. The Kier molecular flexibility index (Phi) is 7.74. The van der Waals surface area contributed by atoms with Crippen LogP contribution in [0.2, 0.25) is 0 Å². The summed E-state index contributed by atoms with van der Waals surface area (Å²) >= 11 is 0. The minimum absolute atomic E-state index is 0.0632. The van der Waals surface area contributed by atoms with Gasteiger partial charge in [-0.25, -0.2) is 4.79 Å². The number of aliphatic hydroxyl groups excluding tert-OH is 1. The van der Waals surface area contributed by atoms with Gasteiger partial charge in [0.15, 0.2) is 0 Å². The third kappa shape index (κ3) is 6.03. The zero-order chi connectivity index (χ0) is 21.6. The molecule has 0 aliphatic rings. The molecule has 1 heterocycles. The Hall–Kier alpha value is -2.91. The van der Waals surface area contributed by atoms with E-state index in [0.717, 1.165) is 16.5 Å². The molecule has 7 N–H and O–H groups in total. The number of hydrogen-bond acceptors (Lipinski definition) is 5. The highest BCUT2D eigenvalue weighted by Gasteiger charge is 2.29. The van der Waals surface area contributed by atoms with E-state index in [-0.39, 0.29) is 12.3 Å². The van der Waals surface area contributed by atoms with Gasteiger partial charge < -0.3 is 31.6 Å². The molecule has 2 amide bonds. The topological polar surface area (TPSA) is 158 Å². The van der Waals surface area contributed by atoms with E-state index in [0.29, 0.717) is 6.42 Å². The van der Waals surface area contributed by atoms with Gasteiger partial charge in [0.25, 0.3) is 0 Å². The van der Waals surface area contributed by atoms with Crippen molar-refractivity contribution in [1.82, 2.24) is 15.6 Å². The molecule has 1 aromatic heterocycles. The van der Waals surface area contributed by atoms with Gasteiger partial charge in [0.1, 0.15) is 18.1 Å². The van der Waals surface area contributed by atoms with Gasteiger partial charge in [0.05, 0.1) is 6.61 Å². The fourth-order valence-electron chi connectivity index (χ4n) is 3.06. The average Bonchev–Trinajstić information content (AvgIpc) is 3.08. The maximum atomic E-state index is 12.7. The molecule has 0 radical (unpaired) electrons. The Morgan fingerprint density at radius 3 is 2.38 bits per heavy atom. The molecule has 9 nitrogen and oxygen atoms in total. The fourth-order valence-corrected chi connectivity index (χ4v) is 3.06. The standard InChI is InChI=1S/C20H28N4O5/c1-11(2)7-16(23-18(26)14(21)10-25)19(27)24-17(20(28)29)8-12-9-22-15-6-4-3-5-13(12)15/h3-6,9,11,14,16-17,22,25H,7-8,10,21H2,1-2H3,(H,23,26)(H,24,27)(H,28,29). The number of fused-ring (bicyclic) bond motifs is 1. The zero-order valence-electron chi connectivity index (χ0n) is 16.5. The minimum atomic E-state index is -1.18. The number of carbonyl (C=O) groups excluding carboxylic acids is 2. The van der Waals surface area contributed by atoms with Crippen molar-refractivity contribution in [2.45, 2.75) is 44.8 Å². The fraction of sp³-hybridized carbons (Fsp3) is 0.450. The van der Waals surface area contributed by atoms with Crippen molar-refractivity contribution in [3.05, 3.63) is 36.0 Å². The first kappa shape index (κ1) is 22.4. The van der Waals surface area contributed by atoms with Crippen LogP contribution in [0.1, 0.15) is 25.8 Å². The molecule has 3 atom stereocenters. The van der Waals surface area contributed by atoms with Crippen LogP contribution in [0, 0.1) is 5.92 Å². The van der Waals surface area contributed by atoms with E-state index in [1.165, 1.54) is 0 Å².